The van der Waals surface area contributed by atoms with Gasteiger partial charge in [0.05, 0.1) is 5.69 Å². The summed E-state index contributed by atoms with van der Waals surface area (Å²) in [4.78, 5) is 12.1. The van der Waals surface area contributed by atoms with Crippen LogP contribution in [0.5, 0.6) is 0 Å². The zero-order valence-corrected chi connectivity index (χ0v) is 11.8. The Bertz CT molecular complexity index is 887. The maximum atomic E-state index is 13.5. The molecule has 4 rings (SSSR count). The van der Waals surface area contributed by atoms with Crippen LogP contribution in [0.25, 0.3) is 10.8 Å². The molecule has 0 radical (unpaired) electrons. The Balaban J connectivity index is 1.94. The van der Waals surface area contributed by atoms with Crippen molar-refractivity contribution in [1.82, 2.24) is 0 Å². The molecule has 0 saturated carbocycles. The quantitative estimate of drug-likeness (QED) is 0.705. The zero-order chi connectivity index (χ0) is 15.1. The highest BCUT2D eigenvalue weighted by Crippen LogP contribution is 2.40. The van der Waals surface area contributed by atoms with Crippen LogP contribution in [0.15, 0.2) is 60.7 Å². The second-order valence-corrected chi connectivity index (χ2v) is 5.61. The van der Waals surface area contributed by atoms with Crippen LogP contribution in [-0.2, 0) is 4.79 Å². The molecule has 1 atom stereocenters. The first kappa shape index (κ1) is 13.0. The topological polar surface area (TPSA) is 29.1 Å². The number of rotatable bonds is 1. The summed E-state index contributed by atoms with van der Waals surface area (Å²) in [5, 5.41) is 5.09. The van der Waals surface area contributed by atoms with Gasteiger partial charge in [-0.15, -0.1) is 0 Å². The standard InChI is InChI=1S/C19H14FNO/c20-14-6-3-5-13(10-14)17-11-18(22)21-19-15-7-2-1-4-12(15)8-9-16(17)19/h1-10,17H,11H2,(H,21,22)/t17-/m1/s1. The Labute approximate surface area is 127 Å². The molecule has 2 nitrogen and oxygen atoms in total. The van der Waals surface area contributed by atoms with Gasteiger partial charge < -0.3 is 5.32 Å². The van der Waals surface area contributed by atoms with Crippen LogP contribution in [0.2, 0.25) is 0 Å². The van der Waals surface area contributed by atoms with E-state index >= 15 is 0 Å². The van der Waals surface area contributed by atoms with Crippen molar-refractivity contribution in [2.45, 2.75) is 12.3 Å². The highest BCUT2D eigenvalue weighted by Gasteiger charge is 2.27. The average molecular weight is 291 g/mol. The summed E-state index contributed by atoms with van der Waals surface area (Å²) in [6.45, 7) is 0. The van der Waals surface area contributed by atoms with Gasteiger partial charge in [0.25, 0.3) is 0 Å². The number of fused-ring (bicyclic) bond motifs is 3. The van der Waals surface area contributed by atoms with E-state index in [4.69, 9.17) is 0 Å². The van der Waals surface area contributed by atoms with E-state index < -0.39 is 0 Å². The van der Waals surface area contributed by atoms with E-state index in [-0.39, 0.29) is 17.6 Å². The SMILES string of the molecule is O=C1C[C@H](c2cccc(F)c2)c2ccc3ccccc3c2N1. The molecular weight excluding hydrogens is 277 g/mol. The van der Waals surface area contributed by atoms with E-state index in [1.165, 1.54) is 12.1 Å². The summed E-state index contributed by atoms with van der Waals surface area (Å²) < 4.78 is 13.5. The second kappa shape index (κ2) is 4.95. The first-order chi connectivity index (χ1) is 10.7. The van der Waals surface area contributed by atoms with E-state index in [2.05, 4.69) is 11.4 Å². The van der Waals surface area contributed by atoms with Gasteiger partial charge in [0, 0.05) is 17.7 Å². The van der Waals surface area contributed by atoms with Gasteiger partial charge in [-0.2, -0.15) is 0 Å². The molecule has 1 aliphatic rings. The minimum absolute atomic E-state index is 0.0295. The van der Waals surface area contributed by atoms with Crippen LogP contribution in [0.4, 0.5) is 10.1 Å². The molecule has 0 aliphatic carbocycles. The van der Waals surface area contributed by atoms with Crippen molar-refractivity contribution in [2.75, 3.05) is 5.32 Å². The predicted octanol–water partition coefficient (Wildman–Crippen LogP) is 4.45. The molecular formula is C19H14FNO. The first-order valence-corrected chi connectivity index (χ1v) is 7.29. The number of amides is 1. The van der Waals surface area contributed by atoms with Crippen LogP contribution < -0.4 is 5.32 Å². The minimum Gasteiger partial charge on any atom is -0.325 e. The van der Waals surface area contributed by atoms with Gasteiger partial charge in [-0.1, -0.05) is 48.5 Å². The van der Waals surface area contributed by atoms with Crippen LogP contribution in [-0.4, -0.2) is 5.91 Å². The lowest BCUT2D eigenvalue weighted by Gasteiger charge is -2.27. The minimum atomic E-state index is -0.272. The van der Waals surface area contributed by atoms with Crippen molar-refractivity contribution in [3.63, 3.8) is 0 Å². The molecule has 1 N–H and O–H groups in total. The van der Waals surface area contributed by atoms with Gasteiger partial charge in [0.1, 0.15) is 5.82 Å². The average Bonchev–Trinajstić information content (AvgIpc) is 2.54. The maximum Gasteiger partial charge on any atom is 0.225 e. The zero-order valence-electron chi connectivity index (χ0n) is 11.8. The Hall–Kier alpha value is -2.68. The molecule has 0 spiro atoms. The lowest BCUT2D eigenvalue weighted by Crippen LogP contribution is -2.23. The lowest BCUT2D eigenvalue weighted by atomic mass is 9.83. The molecule has 3 heteroatoms. The van der Waals surface area contributed by atoms with E-state index in [9.17, 15) is 9.18 Å². The number of anilines is 1. The number of carbonyl (C=O) groups excluding carboxylic acids is 1. The van der Waals surface area contributed by atoms with Gasteiger partial charge >= 0.3 is 0 Å². The van der Waals surface area contributed by atoms with E-state index in [1.54, 1.807) is 6.07 Å². The second-order valence-electron chi connectivity index (χ2n) is 5.61. The summed E-state index contributed by atoms with van der Waals surface area (Å²) in [5.41, 5.74) is 2.74. The fourth-order valence-electron chi connectivity index (χ4n) is 3.22. The van der Waals surface area contributed by atoms with Crippen LogP contribution in [0.3, 0.4) is 0 Å². The molecule has 1 aliphatic heterocycles. The Kier molecular flexibility index (Phi) is 2.93. The number of carbonyl (C=O) groups is 1. The third-order valence-electron chi connectivity index (χ3n) is 4.24. The summed E-state index contributed by atoms with van der Waals surface area (Å²) in [7, 11) is 0. The fraction of sp³-hybridized carbons (Fsp3) is 0.105. The van der Waals surface area contributed by atoms with Crippen LogP contribution in [0.1, 0.15) is 23.5 Å². The van der Waals surface area contributed by atoms with E-state index in [1.807, 2.05) is 36.4 Å². The molecule has 3 aromatic rings. The molecule has 0 aromatic heterocycles. The van der Waals surface area contributed by atoms with Crippen molar-refractivity contribution in [3.8, 4) is 0 Å². The van der Waals surface area contributed by atoms with Gasteiger partial charge in [0.2, 0.25) is 5.91 Å². The van der Waals surface area contributed by atoms with Gasteiger partial charge in [-0.25, -0.2) is 4.39 Å². The van der Waals surface area contributed by atoms with Gasteiger partial charge in [0.15, 0.2) is 0 Å². The summed E-state index contributed by atoms with van der Waals surface area (Å²) >= 11 is 0. The molecule has 0 bridgehead atoms. The Morgan fingerprint density at radius 2 is 1.86 bits per heavy atom. The van der Waals surface area contributed by atoms with Gasteiger partial charge in [-0.05, 0) is 28.6 Å². The van der Waals surface area contributed by atoms with Crippen molar-refractivity contribution >= 4 is 22.4 Å². The van der Waals surface area contributed by atoms with E-state index in [0.717, 1.165) is 27.6 Å². The van der Waals surface area contributed by atoms with Crippen LogP contribution >= 0.6 is 0 Å². The van der Waals surface area contributed by atoms with E-state index in [0.29, 0.717) is 6.42 Å². The molecule has 0 fully saturated rings. The maximum absolute atomic E-state index is 13.5. The molecule has 3 aromatic carbocycles. The van der Waals surface area contributed by atoms with Crippen molar-refractivity contribution in [2.24, 2.45) is 0 Å². The van der Waals surface area contributed by atoms with Crippen molar-refractivity contribution < 1.29 is 9.18 Å². The van der Waals surface area contributed by atoms with Gasteiger partial charge in [-0.3, -0.25) is 4.79 Å². The molecule has 0 saturated heterocycles. The predicted molar refractivity (Wildman–Crippen MR) is 85.4 cm³/mol. The number of hydrogen-bond acceptors (Lipinski definition) is 1. The lowest BCUT2D eigenvalue weighted by molar-refractivity contribution is -0.116. The molecule has 1 heterocycles. The number of hydrogen-bond donors (Lipinski definition) is 1. The third-order valence-corrected chi connectivity index (χ3v) is 4.24. The summed E-state index contributed by atoms with van der Waals surface area (Å²) in [5.74, 6) is -0.409. The fourth-order valence-corrected chi connectivity index (χ4v) is 3.22. The van der Waals surface area contributed by atoms with Crippen molar-refractivity contribution in [1.29, 1.82) is 0 Å². The number of nitrogens with one attached hydrogen (secondary N) is 1. The third kappa shape index (κ3) is 2.06. The smallest absolute Gasteiger partial charge is 0.225 e. The highest BCUT2D eigenvalue weighted by atomic mass is 19.1. The number of benzene rings is 3. The largest absolute Gasteiger partial charge is 0.325 e. The Morgan fingerprint density at radius 1 is 1.00 bits per heavy atom. The van der Waals surface area contributed by atoms with Crippen LogP contribution in [0, 0.1) is 5.82 Å². The molecule has 108 valence electrons. The monoisotopic (exact) mass is 291 g/mol. The Morgan fingerprint density at radius 3 is 2.73 bits per heavy atom. The normalized spacial score (nSPS) is 17.1. The first-order valence-electron chi connectivity index (χ1n) is 7.29. The molecule has 22 heavy (non-hydrogen) atoms. The number of halogens is 1. The highest BCUT2D eigenvalue weighted by molar-refractivity contribution is 6.06. The summed E-state index contributed by atoms with van der Waals surface area (Å²) in [6, 6.07) is 18.6. The summed E-state index contributed by atoms with van der Waals surface area (Å²) in [6.07, 6.45) is 0.342. The molecule has 1 amide bonds. The molecule has 0 unspecified atom stereocenters. The van der Waals surface area contributed by atoms with Crippen molar-refractivity contribution in [3.05, 3.63) is 77.6 Å².